The molecule has 0 aromatic carbocycles. The Morgan fingerprint density at radius 2 is 2.00 bits per heavy atom. The van der Waals surface area contributed by atoms with E-state index in [-0.39, 0.29) is 17.5 Å². The fourth-order valence-corrected chi connectivity index (χ4v) is 1.82. The molecule has 0 radical (unpaired) electrons. The van der Waals surface area contributed by atoms with Crippen molar-refractivity contribution >= 4 is 27.7 Å². The summed E-state index contributed by atoms with van der Waals surface area (Å²) < 4.78 is 42.1. The molecule has 0 saturated carbocycles. The molecule has 0 fully saturated rings. The van der Waals surface area contributed by atoms with Crippen LogP contribution in [0.2, 0.25) is 0 Å². The summed E-state index contributed by atoms with van der Waals surface area (Å²) in [5.74, 6) is -2.24. The number of aromatic hydroxyl groups is 1. The van der Waals surface area contributed by atoms with Crippen LogP contribution in [0.5, 0.6) is 5.75 Å². The molecule has 0 aliphatic heterocycles. The standard InChI is InChI=1S/C12H11BrF3NO4/c1-2-21-9(19)4-3-7(18)10-11(20)6(13)5-8(17-10)12(14,15)16/h5,20H,2-4H2,1H3. The average molecular weight is 370 g/mol. The van der Waals surface area contributed by atoms with Crippen molar-refractivity contribution in [1.82, 2.24) is 4.98 Å². The Morgan fingerprint density at radius 1 is 1.38 bits per heavy atom. The minimum Gasteiger partial charge on any atom is -0.504 e. The highest BCUT2D eigenvalue weighted by molar-refractivity contribution is 9.10. The van der Waals surface area contributed by atoms with Crippen LogP contribution in [-0.4, -0.2) is 28.4 Å². The molecule has 0 saturated heterocycles. The lowest BCUT2D eigenvalue weighted by Crippen LogP contribution is -2.14. The number of alkyl halides is 3. The molecule has 0 aliphatic carbocycles. The van der Waals surface area contributed by atoms with Crippen LogP contribution in [0.15, 0.2) is 10.5 Å². The van der Waals surface area contributed by atoms with Crippen LogP contribution in [-0.2, 0) is 15.7 Å². The van der Waals surface area contributed by atoms with E-state index in [1.807, 2.05) is 0 Å². The van der Waals surface area contributed by atoms with Crippen molar-refractivity contribution in [3.05, 3.63) is 21.9 Å². The molecule has 1 heterocycles. The quantitative estimate of drug-likeness (QED) is 0.637. The van der Waals surface area contributed by atoms with Crippen molar-refractivity contribution in [2.45, 2.75) is 25.9 Å². The van der Waals surface area contributed by atoms with Gasteiger partial charge >= 0.3 is 12.1 Å². The van der Waals surface area contributed by atoms with Crippen LogP contribution in [0.3, 0.4) is 0 Å². The zero-order chi connectivity index (χ0) is 16.2. The molecule has 1 aromatic rings. The highest BCUT2D eigenvalue weighted by atomic mass is 79.9. The summed E-state index contributed by atoms with van der Waals surface area (Å²) in [5.41, 5.74) is -2.05. The maximum absolute atomic E-state index is 12.6. The normalized spacial score (nSPS) is 11.3. The van der Waals surface area contributed by atoms with Crippen LogP contribution < -0.4 is 0 Å². The molecule has 5 nitrogen and oxygen atoms in total. The third-order valence-corrected chi connectivity index (χ3v) is 2.97. The van der Waals surface area contributed by atoms with Crippen molar-refractivity contribution in [2.24, 2.45) is 0 Å². The number of carbonyl (C=O) groups excluding carboxylic acids is 2. The van der Waals surface area contributed by atoms with Gasteiger partial charge in [-0.05, 0) is 28.9 Å². The van der Waals surface area contributed by atoms with E-state index in [0.29, 0.717) is 6.07 Å². The Kier molecular flexibility index (Phi) is 5.70. The number of halogens is 4. The Bertz CT molecular complexity index is 560. The molecule has 0 aliphatic rings. The van der Waals surface area contributed by atoms with Crippen molar-refractivity contribution in [3.8, 4) is 5.75 Å². The van der Waals surface area contributed by atoms with Crippen molar-refractivity contribution in [2.75, 3.05) is 6.61 Å². The van der Waals surface area contributed by atoms with E-state index in [1.54, 1.807) is 6.92 Å². The van der Waals surface area contributed by atoms with Gasteiger partial charge in [-0.25, -0.2) is 4.98 Å². The van der Waals surface area contributed by atoms with E-state index in [2.05, 4.69) is 25.7 Å². The van der Waals surface area contributed by atoms with Crippen molar-refractivity contribution in [3.63, 3.8) is 0 Å². The number of esters is 1. The Hall–Kier alpha value is -1.64. The molecule has 0 amide bonds. The number of hydrogen-bond donors (Lipinski definition) is 1. The second-order valence-electron chi connectivity index (χ2n) is 3.91. The number of pyridine rings is 1. The maximum atomic E-state index is 12.6. The summed E-state index contributed by atoms with van der Waals surface area (Å²) in [5, 5.41) is 9.61. The summed E-state index contributed by atoms with van der Waals surface area (Å²) in [7, 11) is 0. The lowest BCUT2D eigenvalue weighted by Gasteiger charge is -2.10. The van der Waals surface area contributed by atoms with E-state index >= 15 is 0 Å². The lowest BCUT2D eigenvalue weighted by atomic mass is 10.1. The van der Waals surface area contributed by atoms with E-state index in [0.717, 1.165) is 0 Å². The average Bonchev–Trinajstić information content (AvgIpc) is 2.38. The molecule has 0 atom stereocenters. The first kappa shape index (κ1) is 17.4. The van der Waals surface area contributed by atoms with Crippen LogP contribution in [0, 0.1) is 0 Å². The molecule has 1 rings (SSSR count). The second kappa shape index (κ2) is 6.88. The lowest BCUT2D eigenvalue weighted by molar-refractivity contribution is -0.143. The fourth-order valence-electron chi connectivity index (χ4n) is 1.41. The molecule has 9 heteroatoms. The number of ketones is 1. The van der Waals surface area contributed by atoms with Gasteiger partial charge < -0.3 is 9.84 Å². The van der Waals surface area contributed by atoms with Gasteiger partial charge in [-0.1, -0.05) is 0 Å². The number of Topliss-reactive ketones (excluding diaryl/α,β-unsaturated/α-hetero) is 1. The van der Waals surface area contributed by atoms with E-state index in [1.165, 1.54) is 0 Å². The molecular formula is C12H11BrF3NO4. The number of nitrogens with zero attached hydrogens (tertiary/aromatic N) is 1. The van der Waals surface area contributed by atoms with Gasteiger partial charge in [0.1, 0.15) is 11.4 Å². The van der Waals surface area contributed by atoms with Crippen molar-refractivity contribution < 1.29 is 32.6 Å². The first-order chi connectivity index (χ1) is 9.66. The molecular weight excluding hydrogens is 359 g/mol. The van der Waals surface area contributed by atoms with Gasteiger partial charge in [0.2, 0.25) is 0 Å². The van der Waals surface area contributed by atoms with Gasteiger partial charge in [-0.15, -0.1) is 0 Å². The highest BCUT2D eigenvalue weighted by Gasteiger charge is 2.35. The summed E-state index contributed by atoms with van der Waals surface area (Å²) >= 11 is 2.73. The summed E-state index contributed by atoms with van der Waals surface area (Å²) in [6, 6.07) is 0.567. The van der Waals surface area contributed by atoms with Crippen LogP contribution in [0.25, 0.3) is 0 Å². The number of aromatic nitrogens is 1. The smallest absolute Gasteiger partial charge is 0.433 e. The summed E-state index contributed by atoms with van der Waals surface area (Å²) in [4.78, 5) is 26.0. The van der Waals surface area contributed by atoms with Crippen LogP contribution in [0.1, 0.15) is 35.9 Å². The number of rotatable bonds is 5. The van der Waals surface area contributed by atoms with Gasteiger partial charge in [0.25, 0.3) is 0 Å². The zero-order valence-electron chi connectivity index (χ0n) is 10.8. The summed E-state index contributed by atoms with van der Waals surface area (Å²) in [6.07, 6.45) is -5.47. The van der Waals surface area contributed by atoms with Crippen molar-refractivity contribution in [1.29, 1.82) is 0 Å². The number of hydrogen-bond acceptors (Lipinski definition) is 5. The maximum Gasteiger partial charge on any atom is 0.433 e. The van der Waals surface area contributed by atoms with E-state index < -0.39 is 41.5 Å². The highest BCUT2D eigenvalue weighted by Crippen LogP contribution is 2.35. The van der Waals surface area contributed by atoms with Gasteiger partial charge in [0.05, 0.1) is 17.5 Å². The van der Waals surface area contributed by atoms with Gasteiger partial charge in [0.15, 0.2) is 11.5 Å². The third kappa shape index (κ3) is 4.69. The molecule has 116 valence electrons. The molecule has 0 unspecified atom stereocenters. The monoisotopic (exact) mass is 369 g/mol. The Balaban J connectivity index is 2.98. The number of ether oxygens (including phenoxy) is 1. The van der Waals surface area contributed by atoms with Gasteiger partial charge in [-0.2, -0.15) is 13.2 Å². The first-order valence-corrected chi connectivity index (χ1v) is 6.61. The largest absolute Gasteiger partial charge is 0.504 e. The first-order valence-electron chi connectivity index (χ1n) is 5.82. The molecule has 0 spiro atoms. The van der Waals surface area contributed by atoms with Gasteiger partial charge in [-0.3, -0.25) is 9.59 Å². The fraction of sp³-hybridized carbons (Fsp3) is 0.417. The molecule has 0 bridgehead atoms. The SMILES string of the molecule is CCOC(=O)CCC(=O)c1nc(C(F)(F)F)cc(Br)c1O. The minimum atomic E-state index is -4.76. The Morgan fingerprint density at radius 3 is 2.52 bits per heavy atom. The minimum absolute atomic E-state index is 0.131. The van der Waals surface area contributed by atoms with E-state index in [9.17, 15) is 27.9 Å². The second-order valence-corrected chi connectivity index (χ2v) is 4.77. The topological polar surface area (TPSA) is 76.5 Å². The number of carbonyl (C=O) groups is 2. The van der Waals surface area contributed by atoms with Crippen LogP contribution in [0.4, 0.5) is 13.2 Å². The Labute approximate surface area is 126 Å². The van der Waals surface area contributed by atoms with Crippen LogP contribution >= 0.6 is 15.9 Å². The predicted molar refractivity (Wildman–Crippen MR) is 68.8 cm³/mol. The zero-order valence-corrected chi connectivity index (χ0v) is 12.4. The predicted octanol–water partition coefficient (Wildman–Crippen LogP) is 3.09. The summed E-state index contributed by atoms with van der Waals surface area (Å²) in [6.45, 7) is 1.71. The van der Waals surface area contributed by atoms with Gasteiger partial charge in [0, 0.05) is 6.42 Å². The molecule has 21 heavy (non-hydrogen) atoms. The third-order valence-electron chi connectivity index (χ3n) is 2.36. The molecule has 1 aromatic heterocycles. The van der Waals surface area contributed by atoms with E-state index in [4.69, 9.17) is 0 Å². The molecule has 1 N–H and O–H groups in total.